The molecule has 0 bridgehead atoms. The number of amides is 1. The van der Waals surface area contributed by atoms with Gasteiger partial charge in [0.15, 0.2) is 0 Å². The van der Waals surface area contributed by atoms with Gasteiger partial charge in [0.05, 0.1) is 17.7 Å². The third-order valence-electron chi connectivity index (χ3n) is 3.50. The van der Waals surface area contributed by atoms with Crippen molar-refractivity contribution in [1.82, 2.24) is 15.1 Å². The van der Waals surface area contributed by atoms with Gasteiger partial charge in [0.2, 0.25) is 0 Å². The zero-order valence-electron chi connectivity index (χ0n) is 14.1. The van der Waals surface area contributed by atoms with Crippen LogP contribution >= 0.6 is 0 Å². The van der Waals surface area contributed by atoms with Gasteiger partial charge in [-0.05, 0) is 25.2 Å². The van der Waals surface area contributed by atoms with Crippen LogP contribution in [0, 0.1) is 24.7 Å². The molecule has 0 aliphatic rings. The standard InChI is InChI=1S/C16H27N3O3/c1-10(2)6-13(16(21)22)7-17-15(20)14-8-18-19(12(14)5)9-11(3)4/h8,10-11,13H,6-7,9H2,1-5H3,(H,17,20)(H,21,22). The Balaban J connectivity index is 2.69. The number of rotatable bonds is 8. The Morgan fingerprint density at radius 3 is 2.41 bits per heavy atom. The second-order valence-corrected chi connectivity index (χ2v) is 6.59. The summed E-state index contributed by atoms with van der Waals surface area (Å²) in [7, 11) is 0. The van der Waals surface area contributed by atoms with Crippen LogP contribution in [-0.2, 0) is 11.3 Å². The maximum atomic E-state index is 12.2. The fraction of sp³-hybridized carbons (Fsp3) is 0.688. The van der Waals surface area contributed by atoms with Crippen molar-refractivity contribution in [3.05, 3.63) is 17.5 Å². The lowest BCUT2D eigenvalue weighted by molar-refractivity contribution is -0.142. The van der Waals surface area contributed by atoms with Gasteiger partial charge in [-0.1, -0.05) is 27.7 Å². The summed E-state index contributed by atoms with van der Waals surface area (Å²) in [6.07, 6.45) is 2.09. The first-order valence-electron chi connectivity index (χ1n) is 7.75. The molecule has 1 atom stereocenters. The monoisotopic (exact) mass is 309 g/mol. The summed E-state index contributed by atoms with van der Waals surface area (Å²) in [6.45, 7) is 10.9. The Morgan fingerprint density at radius 2 is 1.91 bits per heavy atom. The van der Waals surface area contributed by atoms with E-state index >= 15 is 0 Å². The molecule has 1 aromatic rings. The van der Waals surface area contributed by atoms with Gasteiger partial charge in [-0.2, -0.15) is 5.10 Å². The lowest BCUT2D eigenvalue weighted by atomic mass is 9.97. The lowest BCUT2D eigenvalue weighted by Crippen LogP contribution is -2.33. The van der Waals surface area contributed by atoms with Crippen molar-refractivity contribution in [1.29, 1.82) is 0 Å². The van der Waals surface area contributed by atoms with E-state index in [9.17, 15) is 14.7 Å². The maximum absolute atomic E-state index is 12.2. The summed E-state index contributed by atoms with van der Waals surface area (Å²) in [6, 6.07) is 0. The van der Waals surface area contributed by atoms with Crippen molar-refractivity contribution in [3.63, 3.8) is 0 Å². The number of carboxylic acid groups (broad SMARTS) is 1. The second kappa shape index (κ2) is 7.96. The number of nitrogens with one attached hydrogen (secondary N) is 1. The third-order valence-corrected chi connectivity index (χ3v) is 3.50. The van der Waals surface area contributed by atoms with Crippen molar-refractivity contribution >= 4 is 11.9 Å². The minimum absolute atomic E-state index is 0.140. The number of nitrogens with zero attached hydrogens (tertiary/aromatic N) is 2. The van der Waals surface area contributed by atoms with E-state index in [4.69, 9.17) is 0 Å². The summed E-state index contributed by atoms with van der Waals surface area (Å²) < 4.78 is 1.81. The van der Waals surface area contributed by atoms with Gasteiger partial charge in [-0.15, -0.1) is 0 Å². The molecular formula is C16H27N3O3. The Labute approximate surface area is 131 Å². The highest BCUT2D eigenvalue weighted by molar-refractivity contribution is 5.95. The molecule has 0 fully saturated rings. The van der Waals surface area contributed by atoms with E-state index < -0.39 is 11.9 Å². The van der Waals surface area contributed by atoms with Crippen LogP contribution in [0.2, 0.25) is 0 Å². The zero-order chi connectivity index (χ0) is 16.9. The molecular weight excluding hydrogens is 282 g/mol. The minimum Gasteiger partial charge on any atom is -0.481 e. The molecule has 1 amide bonds. The predicted molar refractivity (Wildman–Crippen MR) is 84.7 cm³/mol. The van der Waals surface area contributed by atoms with Gasteiger partial charge in [-0.3, -0.25) is 14.3 Å². The summed E-state index contributed by atoms with van der Waals surface area (Å²) in [5.41, 5.74) is 1.32. The number of aromatic nitrogens is 2. The Kier molecular flexibility index (Phi) is 6.59. The van der Waals surface area contributed by atoms with Crippen molar-refractivity contribution in [3.8, 4) is 0 Å². The predicted octanol–water partition coefficient (Wildman–Crippen LogP) is 2.32. The molecule has 0 spiro atoms. The molecule has 6 nitrogen and oxygen atoms in total. The third kappa shape index (κ3) is 5.16. The van der Waals surface area contributed by atoms with Crippen LogP contribution in [-0.4, -0.2) is 33.3 Å². The van der Waals surface area contributed by atoms with Crippen LogP contribution in [0.5, 0.6) is 0 Å². The van der Waals surface area contributed by atoms with Crippen LogP contribution < -0.4 is 5.32 Å². The van der Waals surface area contributed by atoms with Gasteiger partial charge in [0.1, 0.15) is 0 Å². The quantitative estimate of drug-likeness (QED) is 0.772. The summed E-state index contributed by atoms with van der Waals surface area (Å²) in [5, 5.41) is 16.1. The van der Waals surface area contributed by atoms with E-state index in [-0.39, 0.29) is 18.4 Å². The van der Waals surface area contributed by atoms with Gasteiger partial charge in [-0.25, -0.2) is 0 Å². The first-order valence-corrected chi connectivity index (χ1v) is 7.75. The molecule has 124 valence electrons. The molecule has 1 rings (SSSR count). The van der Waals surface area contributed by atoms with Crippen LogP contribution in [0.15, 0.2) is 6.20 Å². The number of carboxylic acids is 1. The van der Waals surface area contributed by atoms with Crippen molar-refractivity contribution in [2.45, 2.75) is 47.6 Å². The molecule has 1 heterocycles. The summed E-state index contributed by atoms with van der Waals surface area (Å²) in [4.78, 5) is 23.4. The minimum atomic E-state index is -0.874. The first kappa shape index (κ1) is 18.2. The second-order valence-electron chi connectivity index (χ2n) is 6.59. The van der Waals surface area contributed by atoms with Gasteiger partial charge in [0, 0.05) is 18.8 Å². The number of carbonyl (C=O) groups excluding carboxylic acids is 1. The smallest absolute Gasteiger partial charge is 0.308 e. The van der Waals surface area contributed by atoms with E-state index in [0.29, 0.717) is 17.9 Å². The summed E-state index contributed by atoms with van der Waals surface area (Å²) in [5.74, 6) is -0.982. The van der Waals surface area contributed by atoms with Crippen molar-refractivity contribution < 1.29 is 14.7 Å². The average molecular weight is 309 g/mol. The molecule has 22 heavy (non-hydrogen) atoms. The normalized spacial score (nSPS) is 12.7. The molecule has 2 N–H and O–H groups in total. The van der Waals surface area contributed by atoms with Gasteiger partial charge < -0.3 is 10.4 Å². The highest BCUT2D eigenvalue weighted by Crippen LogP contribution is 2.13. The largest absolute Gasteiger partial charge is 0.481 e. The number of hydrogen-bond acceptors (Lipinski definition) is 3. The molecule has 0 radical (unpaired) electrons. The van der Waals surface area contributed by atoms with Crippen molar-refractivity contribution in [2.75, 3.05) is 6.54 Å². The summed E-state index contributed by atoms with van der Waals surface area (Å²) >= 11 is 0. The molecule has 0 saturated heterocycles. The fourth-order valence-corrected chi connectivity index (χ4v) is 2.35. The van der Waals surface area contributed by atoms with Gasteiger partial charge in [0.25, 0.3) is 5.91 Å². The van der Waals surface area contributed by atoms with E-state index in [0.717, 1.165) is 12.2 Å². The Hall–Kier alpha value is -1.85. The van der Waals surface area contributed by atoms with E-state index in [2.05, 4.69) is 24.3 Å². The molecule has 0 aliphatic carbocycles. The molecule has 0 saturated carbocycles. The number of hydrogen-bond donors (Lipinski definition) is 2. The van der Waals surface area contributed by atoms with Crippen LogP contribution in [0.3, 0.4) is 0 Å². The van der Waals surface area contributed by atoms with E-state index in [1.54, 1.807) is 6.20 Å². The number of carbonyl (C=O) groups is 2. The molecule has 1 aromatic heterocycles. The molecule has 6 heteroatoms. The maximum Gasteiger partial charge on any atom is 0.308 e. The van der Waals surface area contributed by atoms with Crippen LogP contribution in [0.4, 0.5) is 0 Å². The highest BCUT2D eigenvalue weighted by atomic mass is 16.4. The highest BCUT2D eigenvalue weighted by Gasteiger charge is 2.21. The zero-order valence-corrected chi connectivity index (χ0v) is 14.1. The SMILES string of the molecule is Cc1c(C(=O)NCC(CC(C)C)C(=O)O)cnn1CC(C)C. The van der Waals surface area contributed by atoms with E-state index in [1.165, 1.54) is 0 Å². The fourth-order valence-electron chi connectivity index (χ4n) is 2.35. The average Bonchev–Trinajstić information content (AvgIpc) is 2.74. The Morgan fingerprint density at radius 1 is 1.27 bits per heavy atom. The molecule has 1 unspecified atom stereocenters. The lowest BCUT2D eigenvalue weighted by Gasteiger charge is -2.15. The topological polar surface area (TPSA) is 84.2 Å². The Bertz CT molecular complexity index is 521. The number of aliphatic carboxylic acids is 1. The van der Waals surface area contributed by atoms with E-state index in [1.807, 2.05) is 25.5 Å². The van der Waals surface area contributed by atoms with Crippen LogP contribution in [0.1, 0.15) is 50.2 Å². The van der Waals surface area contributed by atoms with Gasteiger partial charge >= 0.3 is 5.97 Å². The van der Waals surface area contributed by atoms with Crippen LogP contribution in [0.25, 0.3) is 0 Å². The first-order chi connectivity index (χ1) is 10.2. The molecule has 0 aromatic carbocycles. The van der Waals surface area contributed by atoms with Crippen molar-refractivity contribution in [2.24, 2.45) is 17.8 Å². The molecule has 0 aliphatic heterocycles.